The Labute approximate surface area is 108 Å². The lowest BCUT2D eigenvalue weighted by Crippen LogP contribution is -2.34. The molecule has 1 aliphatic rings. The van der Waals surface area contributed by atoms with Gasteiger partial charge in [-0.05, 0) is 30.9 Å². The van der Waals surface area contributed by atoms with Crippen molar-refractivity contribution in [2.75, 3.05) is 18.1 Å². The molecule has 1 saturated heterocycles. The summed E-state index contributed by atoms with van der Waals surface area (Å²) in [6, 6.07) is 9.30. The Morgan fingerprint density at radius 2 is 1.83 bits per heavy atom. The molecule has 0 amide bonds. The van der Waals surface area contributed by atoms with Gasteiger partial charge in [0.1, 0.15) is 22.2 Å². The molecule has 18 heavy (non-hydrogen) atoms. The van der Waals surface area contributed by atoms with Gasteiger partial charge in [0.2, 0.25) is 0 Å². The van der Waals surface area contributed by atoms with Crippen LogP contribution in [0.25, 0.3) is 0 Å². The molecule has 0 saturated carbocycles. The van der Waals surface area contributed by atoms with Crippen molar-refractivity contribution in [3.63, 3.8) is 0 Å². The molecule has 0 bridgehead atoms. The quantitative estimate of drug-likeness (QED) is 0.894. The Bertz CT molecular complexity index is 455. The van der Waals surface area contributed by atoms with Crippen molar-refractivity contribution >= 4 is 9.84 Å². The molecule has 5 heteroatoms. The molecule has 0 radical (unpaired) electrons. The van der Waals surface area contributed by atoms with Crippen LogP contribution in [0.5, 0.6) is 5.75 Å². The predicted octanol–water partition coefficient (Wildman–Crippen LogP) is 1.25. The SMILES string of the molecule is O=S1(=O)CCC(C(O)COc2ccccc2)CC1. The maximum atomic E-state index is 11.3. The molecule has 0 aromatic heterocycles. The lowest BCUT2D eigenvalue weighted by Gasteiger charge is -2.26. The number of aliphatic hydroxyl groups is 1. The highest BCUT2D eigenvalue weighted by Crippen LogP contribution is 2.22. The maximum Gasteiger partial charge on any atom is 0.150 e. The number of para-hydroxylation sites is 1. The normalized spacial score (nSPS) is 21.4. The fourth-order valence-electron chi connectivity index (χ4n) is 2.13. The van der Waals surface area contributed by atoms with Crippen molar-refractivity contribution in [3.05, 3.63) is 30.3 Å². The van der Waals surface area contributed by atoms with E-state index >= 15 is 0 Å². The summed E-state index contributed by atoms with van der Waals surface area (Å²) in [5.41, 5.74) is 0. The molecular formula is C13H18O4S. The van der Waals surface area contributed by atoms with Crippen LogP contribution in [-0.4, -0.2) is 37.7 Å². The lowest BCUT2D eigenvalue weighted by molar-refractivity contribution is 0.0528. The molecule has 1 aromatic carbocycles. The van der Waals surface area contributed by atoms with Crippen LogP contribution in [0.3, 0.4) is 0 Å². The minimum Gasteiger partial charge on any atom is -0.491 e. The Balaban J connectivity index is 1.80. The average molecular weight is 270 g/mol. The van der Waals surface area contributed by atoms with Gasteiger partial charge in [-0.15, -0.1) is 0 Å². The summed E-state index contributed by atoms with van der Waals surface area (Å²) in [7, 11) is -2.87. The van der Waals surface area contributed by atoms with Crippen LogP contribution >= 0.6 is 0 Å². The molecule has 1 aromatic rings. The van der Waals surface area contributed by atoms with Crippen LogP contribution in [0.2, 0.25) is 0 Å². The predicted molar refractivity (Wildman–Crippen MR) is 69.3 cm³/mol. The number of benzene rings is 1. The van der Waals surface area contributed by atoms with Crippen LogP contribution in [0.4, 0.5) is 0 Å². The van der Waals surface area contributed by atoms with Gasteiger partial charge in [0, 0.05) is 0 Å². The third kappa shape index (κ3) is 3.71. The van der Waals surface area contributed by atoms with Crippen molar-refractivity contribution in [1.29, 1.82) is 0 Å². The van der Waals surface area contributed by atoms with Crippen LogP contribution in [0.15, 0.2) is 30.3 Å². The van der Waals surface area contributed by atoms with Crippen LogP contribution in [0.1, 0.15) is 12.8 Å². The highest BCUT2D eigenvalue weighted by atomic mass is 32.2. The minimum absolute atomic E-state index is 0.0252. The standard InChI is InChI=1S/C13H18O4S/c14-13(10-17-12-4-2-1-3-5-12)11-6-8-18(15,16)9-7-11/h1-5,11,13-14H,6-10H2. The molecule has 1 atom stereocenters. The average Bonchev–Trinajstić information content (AvgIpc) is 2.37. The van der Waals surface area contributed by atoms with Gasteiger partial charge >= 0.3 is 0 Å². The van der Waals surface area contributed by atoms with Gasteiger partial charge < -0.3 is 9.84 Å². The molecule has 1 heterocycles. The molecule has 4 nitrogen and oxygen atoms in total. The largest absolute Gasteiger partial charge is 0.491 e. The van der Waals surface area contributed by atoms with Crippen molar-refractivity contribution in [2.24, 2.45) is 5.92 Å². The Kier molecular flexibility index (Phi) is 4.24. The zero-order valence-electron chi connectivity index (χ0n) is 10.2. The second kappa shape index (κ2) is 5.71. The fraction of sp³-hybridized carbons (Fsp3) is 0.538. The first kappa shape index (κ1) is 13.4. The Hall–Kier alpha value is -1.07. The Morgan fingerprint density at radius 3 is 2.44 bits per heavy atom. The number of sulfone groups is 1. The number of aliphatic hydroxyl groups excluding tert-OH is 1. The third-order valence-electron chi connectivity index (χ3n) is 3.31. The molecule has 1 unspecified atom stereocenters. The number of hydrogen-bond donors (Lipinski definition) is 1. The zero-order valence-corrected chi connectivity index (χ0v) is 11.0. The van der Waals surface area contributed by atoms with Gasteiger partial charge in [0.05, 0.1) is 17.6 Å². The van der Waals surface area contributed by atoms with E-state index in [1.54, 1.807) is 0 Å². The van der Waals surface area contributed by atoms with Gasteiger partial charge in [-0.2, -0.15) is 0 Å². The molecule has 100 valence electrons. The minimum atomic E-state index is -2.87. The summed E-state index contributed by atoms with van der Waals surface area (Å²) in [5.74, 6) is 1.11. The smallest absolute Gasteiger partial charge is 0.150 e. The van der Waals surface area contributed by atoms with Crippen LogP contribution in [-0.2, 0) is 9.84 Å². The van der Waals surface area contributed by atoms with E-state index in [0.29, 0.717) is 12.8 Å². The van der Waals surface area contributed by atoms with E-state index in [1.165, 1.54) is 0 Å². The zero-order chi connectivity index (χ0) is 13.0. The third-order valence-corrected chi connectivity index (χ3v) is 5.02. The van der Waals surface area contributed by atoms with Gasteiger partial charge in [-0.25, -0.2) is 8.42 Å². The molecule has 0 aliphatic carbocycles. The fourth-order valence-corrected chi connectivity index (χ4v) is 3.66. The van der Waals surface area contributed by atoms with E-state index in [9.17, 15) is 13.5 Å². The topological polar surface area (TPSA) is 63.6 Å². The van der Waals surface area contributed by atoms with Gasteiger partial charge in [-0.1, -0.05) is 18.2 Å². The van der Waals surface area contributed by atoms with E-state index in [2.05, 4.69) is 0 Å². The summed E-state index contributed by atoms with van der Waals surface area (Å²) in [5, 5.41) is 9.99. The highest BCUT2D eigenvalue weighted by molar-refractivity contribution is 7.91. The van der Waals surface area contributed by atoms with Crippen molar-refractivity contribution in [2.45, 2.75) is 18.9 Å². The van der Waals surface area contributed by atoms with E-state index in [1.807, 2.05) is 30.3 Å². The second-order valence-electron chi connectivity index (χ2n) is 4.68. The van der Waals surface area contributed by atoms with Gasteiger partial charge in [0.15, 0.2) is 0 Å². The molecule has 1 N–H and O–H groups in total. The highest BCUT2D eigenvalue weighted by Gasteiger charge is 2.28. The second-order valence-corrected chi connectivity index (χ2v) is 6.98. The molecular weight excluding hydrogens is 252 g/mol. The molecule has 1 aliphatic heterocycles. The van der Waals surface area contributed by atoms with Gasteiger partial charge in [-0.3, -0.25) is 0 Å². The number of ether oxygens (including phenoxy) is 1. The van der Waals surface area contributed by atoms with Crippen molar-refractivity contribution < 1.29 is 18.3 Å². The van der Waals surface area contributed by atoms with E-state index in [0.717, 1.165) is 5.75 Å². The molecule has 0 spiro atoms. The first-order valence-electron chi connectivity index (χ1n) is 6.13. The van der Waals surface area contributed by atoms with Gasteiger partial charge in [0.25, 0.3) is 0 Å². The molecule has 1 fully saturated rings. The number of rotatable bonds is 4. The first-order chi connectivity index (χ1) is 8.57. The van der Waals surface area contributed by atoms with E-state index in [-0.39, 0.29) is 24.0 Å². The maximum absolute atomic E-state index is 11.3. The lowest BCUT2D eigenvalue weighted by atomic mass is 9.96. The van der Waals surface area contributed by atoms with Crippen molar-refractivity contribution in [3.8, 4) is 5.75 Å². The van der Waals surface area contributed by atoms with Crippen molar-refractivity contribution in [1.82, 2.24) is 0 Å². The van der Waals surface area contributed by atoms with E-state index in [4.69, 9.17) is 4.74 Å². The molecule has 2 rings (SSSR count). The summed E-state index contributed by atoms with van der Waals surface area (Å²) in [6.45, 7) is 0.217. The summed E-state index contributed by atoms with van der Waals surface area (Å²) < 4.78 is 28.0. The monoisotopic (exact) mass is 270 g/mol. The summed E-state index contributed by atoms with van der Waals surface area (Å²) >= 11 is 0. The Morgan fingerprint density at radius 1 is 1.22 bits per heavy atom. The van der Waals surface area contributed by atoms with Crippen LogP contribution < -0.4 is 4.74 Å². The van der Waals surface area contributed by atoms with Crippen LogP contribution in [0, 0.1) is 5.92 Å². The number of hydrogen-bond acceptors (Lipinski definition) is 4. The van der Waals surface area contributed by atoms with E-state index < -0.39 is 15.9 Å². The summed E-state index contributed by atoms with van der Waals surface area (Å²) in [4.78, 5) is 0. The summed E-state index contributed by atoms with van der Waals surface area (Å²) in [6.07, 6.45) is 0.462. The first-order valence-corrected chi connectivity index (χ1v) is 7.95.